The predicted molar refractivity (Wildman–Crippen MR) is 72.7 cm³/mol. The Morgan fingerprint density at radius 1 is 1.19 bits per heavy atom. The van der Waals surface area contributed by atoms with Crippen molar-refractivity contribution in [2.45, 2.75) is 42.9 Å². The van der Waals surface area contributed by atoms with E-state index in [1.165, 1.54) is 19.2 Å². The number of alkyl halides is 3. The average Bonchev–Trinajstić information content (AvgIpc) is 2.74. The summed E-state index contributed by atoms with van der Waals surface area (Å²) in [5.74, 6) is -0.801. The van der Waals surface area contributed by atoms with Crippen LogP contribution in [-0.4, -0.2) is 24.2 Å². The third-order valence-corrected chi connectivity index (χ3v) is 3.98. The number of hydrogen-bond donors (Lipinski definition) is 0. The highest BCUT2D eigenvalue weighted by Crippen LogP contribution is 2.44. The Hall–Kier alpha value is -1.21. The summed E-state index contributed by atoms with van der Waals surface area (Å²) >= 11 is -0.265. The number of fused-ring (bicyclic) bond motifs is 1. The number of ether oxygens (including phenoxy) is 2. The zero-order valence-corrected chi connectivity index (χ0v) is 12.7. The minimum absolute atomic E-state index is 0.0671. The van der Waals surface area contributed by atoms with Crippen molar-refractivity contribution < 1.29 is 27.4 Å². The lowest BCUT2D eigenvalue weighted by molar-refractivity contribution is -0.134. The molecule has 21 heavy (non-hydrogen) atoms. The van der Waals surface area contributed by atoms with Crippen molar-refractivity contribution >= 4 is 17.5 Å². The van der Waals surface area contributed by atoms with Gasteiger partial charge in [0.2, 0.25) is 5.79 Å². The zero-order valence-electron chi connectivity index (χ0n) is 11.8. The summed E-state index contributed by atoms with van der Waals surface area (Å²) < 4.78 is 48.5. The summed E-state index contributed by atoms with van der Waals surface area (Å²) in [6, 6.07) is 2.74. The maximum absolute atomic E-state index is 12.6. The van der Waals surface area contributed by atoms with Crippen LogP contribution >= 0.6 is 11.8 Å². The molecule has 0 amide bonds. The summed E-state index contributed by atoms with van der Waals surface area (Å²) in [6.45, 7) is 3.38. The van der Waals surface area contributed by atoms with E-state index in [1.54, 1.807) is 13.8 Å². The molecule has 3 nitrogen and oxygen atoms in total. The van der Waals surface area contributed by atoms with Gasteiger partial charge in [0.05, 0.1) is 0 Å². The molecule has 1 aromatic carbocycles. The standard InChI is InChI=1S/C14H15F3O3S/c1-13(2,19-3)20-10-6-7-11(21-14(15,16)17)12-8(10)4-5-9(12)18/h6-7H,4-5H2,1-3H3. The molecule has 0 heterocycles. The van der Waals surface area contributed by atoms with E-state index < -0.39 is 11.3 Å². The molecule has 0 aliphatic heterocycles. The highest BCUT2D eigenvalue weighted by atomic mass is 32.2. The van der Waals surface area contributed by atoms with Crippen molar-refractivity contribution in [2.24, 2.45) is 0 Å². The first-order valence-electron chi connectivity index (χ1n) is 6.32. The van der Waals surface area contributed by atoms with E-state index in [9.17, 15) is 18.0 Å². The van der Waals surface area contributed by atoms with E-state index in [1.807, 2.05) is 0 Å². The maximum Gasteiger partial charge on any atom is 0.446 e. The summed E-state index contributed by atoms with van der Waals surface area (Å²) in [7, 11) is 1.47. The molecule has 2 rings (SSSR count). The van der Waals surface area contributed by atoms with Crippen LogP contribution in [0.5, 0.6) is 5.75 Å². The first kappa shape index (κ1) is 16.2. The molecule has 0 atom stereocenters. The summed E-state index contributed by atoms with van der Waals surface area (Å²) in [5, 5.41) is 0. The normalized spacial score (nSPS) is 15.2. The van der Waals surface area contributed by atoms with E-state index in [4.69, 9.17) is 9.47 Å². The van der Waals surface area contributed by atoms with Gasteiger partial charge in [-0.1, -0.05) is 0 Å². The monoisotopic (exact) mass is 320 g/mol. The zero-order chi connectivity index (χ0) is 15.8. The largest absolute Gasteiger partial charge is 0.463 e. The van der Waals surface area contributed by atoms with Crippen molar-refractivity contribution in [1.82, 2.24) is 0 Å². The van der Waals surface area contributed by atoms with Gasteiger partial charge in [-0.25, -0.2) is 0 Å². The molecule has 7 heteroatoms. The van der Waals surface area contributed by atoms with Gasteiger partial charge in [0.15, 0.2) is 5.78 Å². The topological polar surface area (TPSA) is 35.5 Å². The van der Waals surface area contributed by atoms with Gasteiger partial charge in [-0.05, 0) is 30.3 Å². The van der Waals surface area contributed by atoms with Crippen LogP contribution in [0.4, 0.5) is 13.2 Å². The van der Waals surface area contributed by atoms with E-state index >= 15 is 0 Å². The number of halogens is 3. The van der Waals surface area contributed by atoms with Gasteiger partial charge in [-0.3, -0.25) is 4.79 Å². The molecule has 0 radical (unpaired) electrons. The third-order valence-electron chi connectivity index (χ3n) is 3.19. The number of carbonyl (C=O) groups is 1. The van der Waals surface area contributed by atoms with Gasteiger partial charge in [0.25, 0.3) is 0 Å². The van der Waals surface area contributed by atoms with E-state index in [0.29, 0.717) is 17.7 Å². The molecule has 0 unspecified atom stereocenters. The molecular weight excluding hydrogens is 305 g/mol. The smallest absolute Gasteiger partial charge is 0.446 e. The SMILES string of the molecule is COC(C)(C)Oc1ccc(SC(F)(F)F)c2c1CCC2=O. The summed E-state index contributed by atoms with van der Waals surface area (Å²) in [4.78, 5) is 11.8. The van der Waals surface area contributed by atoms with Crippen LogP contribution in [0.15, 0.2) is 17.0 Å². The number of hydrogen-bond acceptors (Lipinski definition) is 4. The quantitative estimate of drug-likeness (QED) is 0.615. The van der Waals surface area contributed by atoms with Crippen LogP contribution in [0.3, 0.4) is 0 Å². The molecule has 0 saturated carbocycles. The molecule has 1 aromatic rings. The Bertz CT molecular complexity index is 567. The highest BCUT2D eigenvalue weighted by molar-refractivity contribution is 8.00. The lowest BCUT2D eigenvalue weighted by Gasteiger charge is -2.26. The molecule has 0 aromatic heterocycles. The molecule has 1 aliphatic rings. The lowest BCUT2D eigenvalue weighted by Crippen LogP contribution is -2.30. The Labute approximate surface area is 124 Å². The Morgan fingerprint density at radius 2 is 1.86 bits per heavy atom. The first-order valence-corrected chi connectivity index (χ1v) is 7.13. The third kappa shape index (κ3) is 3.71. The fourth-order valence-corrected chi connectivity index (χ4v) is 2.86. The molecule has 0 N–H and O–H groups in total. The number of thioether (sulfide) groups is 1. The summed E-state index contributed by atoms with van der Waals surface area (Å²) in [6.07, 6.45) is 0.587. The lowest BCUT2D eigenvalue weighted by atomic mass is 10.1. The van der Waals surface area contributed by atoms with Crippen molar-refractivity contribution in [3.05, 3.63) is 23.3 Å². The Kier molecular flexibility index (Phi) is 4.26. The van der Waals surface area contributed by atoms with Gasteiger partial charge in [-0.2, -0.15) is 13.2 Å². The van der Waals surface area contributed by atoms with Gasteiger partial charge >= 0.3 is 5.51 Å². The number of ketones is 1. The first-order chi connectivity index (χ1) is 9.63. The molecular formula is C14H15F3O3S. The van der Waals surface area contributed by atoms with Crippen molar-refractivity contribution in [3.63, 3.8) is 0 Å². The van der Waals surface area contributed by atoms with Gasteiger partial charge in [0.1, 0.15) is 5.75 Å². The van der Waals surface area contributed by atoms with Crippen molar-refractivity contribution in [2.75, 3.05) is 7.11 Å². The van der Waals surface area contributed by atoms with Crippen LogP contribution < -0.4 is 4.74 Å². The second-order valence-corrected chi connectivity index (χ2v) is 6.20. The second-order valence-electron chi connectivity index (χ2n) is 5.09. The van der Waals surface area contributed by atoms with Crippen LogP contribution in [0, 0.1) is 0 Å². The van der Waals surface area contributed by atoms with E-state index in [-0.39, 0.29) is 34.4 Å². The van der Waals surface area contributed by atoms with Crippen LogP contribution in [-0.2, 0) is 11.2 Å². The fourth-order valence-electron chi connectivity index (χ4n) is 2.14. The Balaban J connectivity index is 2.42. The van der Waals surface area contributed by atoms with Gasteiger partial charge in [-0.15, -0.1) is 0 Å². The van der Waals surface area contributed by atoms with Crippen molar-refractivity contribution in [1.29, 1.82) is 0 Å². The minimum atomic E-state index is -4.43. The number of Topliss-reactive ketones (excluding diaryl/α,β-unsaturated/α-hetero) is 1. The van der Waals surface area contributed by atoms with E-state index in [2.05, 4.69) is 0 Å². The molecule has 0 fully saturated rings. The van der Waals surface area contributed by atoms with Crippen molar-refractivity contribution in [3.8, 4) is 5.75 Å². The molecule has 0 bridgehead atoms. The van der Waals surface area contributed by atoms with Gasteiger partial charge < -0.3 is 9.47 Å². The molecule has 0 saturated heterocycles. The maximum atomic E-state index is 12.6. The molecule has 1 aliphatic carbocycles. The average molecular weight is 320 g/mol. The predicted octanol–water partition coefficient (Wildman–Crippen LogP) is 4.19. The molecule has 0 spiro atoms. The van der Waals surface area contributed by atoms with Gasteiger partial charge in [0, 0.05) is 43.4 Å². The van der Waals surface area contributed by atoms with E-state index in [0.717, 1.165) is 0 Å². The van der Waals surface area contributed by atoms with Crippen LogP contribution in [0.1, 0.15) is 36.2 Å². The summed E-state index contributed by atoms with van der Waals surface area (Å²) in [5.41, 5.74) is -3.77. The number of benzene rings is 1. The highest BCUT2D eigenvalue weighted by Gasteiger charge is 2.35. The van der Waals surface area contributed by atoms with Crippen LogP contribution in [0.25, 0.3) is 0 Å². The minimum Gasteiger partial charge on any atom is -0.463 e. The number of methoxy groups -OCH3 is 1. The van der Waals surface area contributed by atoms with Crippen LogP contribution in [0.2, 0.25) is 0 Å². The second kappa shape index (κ2) is 5.53. The number of rotatable bonds is 4. The fraction of sp³-hybridized carbons (Fsp3) is 0.500. The Morgan fingerprint density at radius 3 is 2.43 bits per heavy atom. The molecule has 116 valence electrons. The number of carbonyl (C=O) groups excluding carboxylic acids is 1.